The lowest BCUT2D eigenvalue weighted by atomic mass is 10.1. The molecule has 1 aliphatic heterocycles. The Morgan fingerprint density at radius 1 is 1.20 bits per heavy atom. The Hall–Kier alpha value is -0.670. The Balaban J connectivity index is 1.96. The molecular weight excluding hydrogens is 246 g/mol. The van der Waals surface area contributed by atoms with Crippen LogP contribution < -0.4 is 5.73 Å². The van der Waals surface area contributed by atoms with Crippen LogP contribution in [0.1, 0.15) is 71.6 Å². The molecule has 2 unspecified atom stereocenters. The van der Waals surface area contributed by atoms with E-state index >= 15 is 0 Å². The number of nitrogens with two attached hydrogens (primary N) is 1. The van der Waals surface area contributed by atoms with Crippen molar-refractivity contribution in [3.8, 4) is 0 Å². The first-order valence-electron chi connectivity index (χ1n) is 8.43. The summed E-state index contributed by atoms with van der Waals surface area (Å²) in [6.07, 6.45) is 18.7. The van der Waals surface area contributed by atoms with E-state index in [9.17, 15) is 0 Å². The molecular formula is C17H33N3. The highest BCUT2D eigenvalue weighted by Gasteiger charge is 2.22. The molecule has 1 heterocycles. The SMILES string of the molecule is CCCCCC/C=C/CCCCC1N=CCN1C(C)N. The summed E-state index contributed by atoms with van der Waals surface area (Å²) >= 11 is 0. The van der Waals surface area contributed by atoms with Crippen molar-refractivity contribution in [2.45, 2.75) is 84.0 Å². The van der Waals surface area contributed by atoms with Gasteiger partial charge < -0.3 is 5.73 Å². The van der Waals surface area contributed by atoms with Gasteiger partial charge in [0.15, 0.2) is 0 Å². The van der Waals surface area contributed by atoms with E-state index in [1.807, 2.05) is 13.1 Å². The third-order valence-corrected chi connectivity index (χ3v) is 3.95. The molecule has 0 spiro atoms. The molecule has 0 saturated heterocycles. The van der Waals surface area contributed by atoms with Gasteiger partial charge in [-0.2, -0.15) is 0 Å². The van der Waals surface area contributed by atoms with Crippen molar-refractivity contribution in [2.75, 3.05) is 6.54 Å². The van der Waals surface area contributed by atoms with Crippen LogP contribution in [0.25, 0.3) is 0 Å². The van der Waals surface area contributed by atoms with Crippen molar-refractivity contribution in [3.05, 3.63) is 12.2 Å². The number of hydrogen-bond donors (Lipinski definition) is 1. The van der Waals surface area contributed by atoms with Crippen molar-refractivity contribution in [2.24, 2.45) is 10.7 Å². The van der Waals surface area contributed by atoms with Gasteiger partial charge in [-0.15, -0.1) is 0 Å². The fourth-order valence-electron chi connectivity index (χ4n) is 2.66. The van der Waals surface area contributed by atoms with Crippen LogP contribution in [0.4, 0.5) is 0 Å². The van der Waals surface area contributed by atoms with E-state index in [1.54, 1.807) is 0 Å². The normalized spacial score (nSPS) is 21.1. The number of hydrogen-bond acceptors (Lipinski definition) is 3. The van der Waals surface area contributed by atoms with Gasteiger partial charge in [0, 0.05) is 12.8 Å². The number of rotatable bonds is 11. The maximum atomic E-state index is 5.94. The van der Waals surface area contributed by atoms with Crippen LogP contribution in [0.2, 0.25) is 0 Å². The van der Waals surface area contributed by atoms with Crippen LogP contribution in [-0.2, 0) is 0 Å². The Bertz CT molecular complexity index is 284. The molecule has 0 bridgehead atoms. The van der Waals surface area contributed by atoms with Gasteiger partial charge in [0.25, 0.3) is 0 Å². The van der Waals surface area contributed by atoms with Crippen LogP contribution in [-0.4, -0.2) is 30.0 Å². The zero-order valence-electron chi connectivity index (χ0n) is 13.4. The molecule has 0 aromatic rings. The first kappa shape index (κ1) is 17.4. The van der Waals surface area contributed by atoms with E-state index in [0.717, 1.165) is 13.0 Å². The highest BCUT2D eigenvalue weighted by atomic mass is 15.3. The number of unbranched alkanes of at least 4 members (excludes halogenated alkanes) is 6. The first-order valence-corrected chi connectivity index (χ1v) is 8.43. The lowest BCUT2D eigenvalue weighted by Gasteiger charge is -2.26. The smallest absolute Gasteiger partial charge is 0.103 e. The summed E-state index contributed by atoms with van der Waals surface area (Å²) in [5.41, 5.74) is 5.94. The molecule has 3 heteroatoms. The van der Waals surface area contributed by atoms with Gasteiger partial charge in [0.2, 0.25) is 0 Å². The minimum Gasteiger partial charge on any atom is -0.316 e. The molecule has 0 aromatic carbocycles. The standard InChI is InChI=1S/C17H33N3/c1-3-4-5-6-7-8-9-10-11-12-13-17-19-14-15-20(17)16(2)18/h8-9,14,16-17H,3-7,10-13,15,18H2,1-2H3/b9-8+. The summed E-state index contributed by atoms with van der Waals surface area (Å²) < 4.78 is 0. The topological polar surface area (TPSA) is 41.6 Å². The fraction of sp³-hybridized carbons (Fsp3) is 0.824. The van der Waals surface area contributed by atoms with Crippen LogP contribution in [0.5, 0.6) is 0 Å². The molecule has 1 aliphatic rings. The van der Waals surface area contributed by atoms with Crippen molar-refractivity contribution < 1.29 is 0 Å². The predicted octanol–water partition coefficient (Wildman–Crippen LogP) is 4.09. The average Bonchev–Trinajstić information content (AvgIpc) is 2.89. The maximum Gasteiger partial charge on any atom is 0.103 e. The Kier molecular flexibility index (Phi) is 9.60. The largest absolute Gasteiger partial charge is 0.316 e. The third-order valence-electron chi connectivity index (χ3n) is 3.95. The molecule has 0 radical (unpaired) electrons. The number of allylic oxidation sites excluding steroid dienone is 2. The second-order valence-electron chi connectivity index (χ2n) is 5.85. The summed E-state index contributed by atoms with van der Waals surface area (Å²) in [5, 5.41) is 0. The Labute approximate surface area is 125 Å². The van der Waals surface area contributed by atoms with Gasteiger partial charge in [0.05, 0.1) is 6.17 Å². The molecule has 3 nitrogen and oxygen atoms in total. The van der Waals surface area contributed by atoms with Crippen LogP contribution in [0, 0.1) is 0 Å². The van der Waals surface area contributed by atoms with Gasteiger partial charge in [-0.3, -0.25) is 9.89 Å². The van der Waals surface area contributed by atoms with Gasteiger partial charge in [-0.25, -0.2) is 0 Å². The zero-order valence-corrected chi connectivity index (χ0v) is 13.4. The van der Waals surface area contributed by atoms with E-state index in [1.165, 1.54) is 51.4 Å². The molecule has 0 aromatic heterocycles. The van der Waals surface area contributed by atoms with E-state index < -0.39 is 0 Å². The minimum absolute atomic E-state index is 0.116. The first-order chi connectivity index (χ1) is 9.75. The Morgan fingerprint density at radius 2 is 1.90 bits per heavy atom. The molecule has 0 fully saturated rings. The summed E-state index contributed by atoms with van der Waals surface area (Å²) in [5.74, 6) is 0. The molecule has 0 aliphatic carbocycles. The second kappa shape index (κ2) is 11.0. The summed E-state index contributed by atoms with van der Waals surface area (Å²) in [7, 11) is 0. The highest BCUT2D eigenvalue weighted by molar-refractivity contribution is 5.62. The van der Waals surface area contributed by atoms with Crippen LogP contribution >= 0.6 is 0 Å². The molecule has 20 heavy (non-hydrogen) atoms. The fourth-order valence-corrected chi connectivity index (χ4v) is 2.66. The van der Waals surface area contributed by atoms with Gasteiger partial charge in [0.1, 0.15) is 6.17 Å². The second-order valence-corrected chi connectivity index (χ2v) is 5.85. The van der Waals surface area contributed by atoms with E-state index in [-0.39, 0.29) is 6.17 Å². The van der Waals surface area contributed by atoms with Gasteiger partial charge in [-0.05, 0) is 45.4 Å². The Morgan fingerprint density at radius 3 is 2.55 bits per heavy atom. The third kappa shape index (κ3) is 7.20. The van der Waals surface area contributed by atoms with E-state index in [4.69, 9.17) is 5.73 Å². The predicted molar refractivity (Wildman–Crippen MR) is 89.0 cm³/mol. The maximum absolute atomic E-state index is 5.94. The quantitative estimate of drug-likeness (QED) is 0.457. The van der Waals surface area contributed by atoms with Crippen LogP contribution in [0.3, 0.4) is 0 Å². The molecule has 1 rings (SSSR count). The summed E-state index contributed by atoms with van der Waals surface area (Å²) in [4.78, 5) is 6.78. The van der Waals surface area contributed by atoms with Crippen molar-refractivity contribution in [1.82, 2.24) is 4.90 Å². The van der Waals surface area contributed by atoms with Gasteiger partial charge >= 0.3 is 0 Å². The highest BCUT2D eigenvalue weighted by Crippen LogP contribution is 2.16. The summed E-state index contributed by atoms with van der Waals surface area (Å²) in [6.45, 7) is 5.22. The summed E-state index contributed by atoms with van der Waals surface area (Å²) in [6, 6.07) is 0. The van der Waals surface area contributed by atoms with Crippen LogP contribution in [0.15, 0.2) is 17.1 Å². The molecule has 116 valence electrons. The van der Waals surface area contributed by atoms with Crippen molar-refractivity contribution >= 4 is 6.21 Å². The average molecular weight is 279 g/mol. The number of nitrogens with zero attached hydrogens (tertiary/aromatic N) is 2. The lowest BCUT2D eigenvalue weighted by Crippen LogP contribution is -2.43. The van der Waals surface area contributed by atoms with Gasteiger partial charge in [-0.1, -0.05) is 38.3 Å². The van der Waals surface area contributed by atoms with E-state index in [0.29, 0.717) is 6.17 Å². The lowest BCUT2D eigenvalue weighted by molar-refractivity contribution is 0.182. The van der Waals surface area contributed by atoms with Crippen molar-refractivity contribution in [1.29, 1.82) is 0 Å². The van der Waals surface area contributed by atoms with Crippen molar-refractivity contribution in [3.63, 3.8) is 0 Å². The number of aliphatic imine (C=N–C) groups is 1. The molecule has 0 saturated carbocycles. The minimum atomic E-state index is 0.116. The zero-order chi connectivity index (χ0) is 14.6. The molecule has 2 atom stereocenters. The molecule has 2 N–H and O–H groups in total. The monoisotopic (exact) mass is 279 g/mol. The molecule has 0 amide bonds. The van der Waals surface area contributed by atoms with E-state index in [2.05, 4.69) is 29.0 Å².